The van der Waals surface area contributed by atoms with Crippen molar-refractivity contribution < 1.29 is 19.0 Å². The van der Waals surface area contributed by atoms with Gasteiger partial charge >= 0.3 is 0 Å². The van der Waals surface area contributed by atoms with Gasteiger partial charge in [-0.1, -0.05) is 47.2 Å². The van der Waals surface area contributed by atoms with Crippen LogP contribution in [0.3, 0.4) is 0 Å². The fraction of sp³-hybridized carbons (Fsp3) is 0.154. The number of fused-ring (bicyclic) bond motifs is 1. The molecule has 1 aromatic heterocycles. The molecule has 0 N–H and O–H groups in total. The smallest absolute Gasteiger partial charge is 0.257 e. The topological polar surface area (TPSA) is 60.9 Å². The summed E-state index contributed by atoms with van der Waals surface area (Å²) in [6.07, 6.45) is 3.16. The molecule has 0 aliphatic heterocycles. The summed E-state index contributed by atoms with van der Waals surface area (Å²) < 4.78 is 17.5. The number of para-hydroxylation sites is 3. The first kappa shape index (κ1) is 23.6. The van der Waals surface area contributed by atoms with Crippen LogP contribution in [0.2, 0.25) is 5.02 Å². The lowest BCUT2D eigenvalue weighted by Crippen LogP contribution is -2.24. The molecular weight excluding hydrogens is 472 g/mol. The zero-order chi connectivity index (χ0) is 24.1. The van der Waals surface area contributed by atoms with Crippen LogP contribution < -0.4 is 19.1 Å². The summed E-state index contributed by atoms with van der Waals surface area (Å²) in [5.74, 6) is 1.25. The zero-order valence-electron chi connectivity index (χ0n) is 18.9. The number of aromatic nitrogens is 1. The number of benzene rings is 3. The summed E-state index contributed by atoms with van der Waals surface area (Å²) in [7, 11) is 3.11. The molecule has 174 valence electrons. The molecule has 6 nitrogen and oxygen atoms in total. The molecule has 4 rings (SSSR count). The van der Waals surface area contributed by atoms with E-state index in [1.165, 1.54) is 24.5 Å². The number of halogens is 1. The van der Waals surface area contributed by atoms with Crippen molar-refractivity contribution in [1.82, 2.24) is 4.98 Å². The molecule has 0 radical (unpaired) electrons. The molecule has 3 aromatic carbocycles. The van der Waals surface area contributed by atoms with Gasteiger partial charge in [-0.25, -0.2) is 9.88 Å². The van der Waals surface area contributed by atoms with E-state index in [2.05, 4.69) is 0 Å². The van der Waals surface area contributed by atoms with Crippen LogP contribution >= 0.6 is 22.9 Å². The summed E-state index contributed by atoms with van der Waals surface area (Å²) in [5.41, 5.74) is 2.12. The Morgan fingerprint density at radius 2 is 1.82 bits per heavy atom. The molecule has 0 atom stereocenters. The Hall–Kier alpha value is -3.55. The van der Waals surface area contributed by atoms with Crippen molar-refractivity contribution in [3.63, 3.8) is 0 Å². The largest absolute Gasteiger partial charge is 0.495 e. The van der Waals surface area contributed by atoms with E-state index in [1.54, 1.807) is 30.2 Å². The van der Waals surface area contributed by atoms with Crippen molar-refractivity contribution in [3.8, 4) is 17.2 Å². The van der Waals surface area contributed by atoms with Crippen molar-refractivity contribution in [1.29, 1.82) is 0 Å². The van der Waals surface area contributed by atoms with E-state index in [0.717, 1.165) is 10.2 Å². The molecule has 0 saturated carbocycles. The second-order valence-corrected chi connectivity index (χ2v) is 8.53. The maximum atomic E-state index is 13.5. The Balaban J connectivity index is 1.75. The van der Waals surface area contributed by atoms with Crippen LogP contribution in [0.5, 0.6) is 17.2 Å². The molecule has 34 heavy (non-hydrogen) atoms. The first-order valence-corrected chi connectivity index (χ1v) is 11.8. The van der Waals surface area contributed by atoms with Crippen LogP contribution in [0, 0.1) is 0 Å². The molecule has 0 spiro atoms. The monoisotopic (exact) mass is 494 g/mol. The number of amides is 1. The van der Waals surface area contributed by atoms with Crippen LogP contribution in [0.4, 0.5) is 10.8 Å². The molecule has 0 aliphatic rings. The van der Waals surface area contributed by atoms with E-state index in [9.17, 15) is 4.79 Å². The molecule has 8 heteroatoms. The van der Waals surface area contributed by atoms with Crippen LogP contribution in [0.25, 0.3) is 16.3 Å². The predicted octanol–water partition coefficient (Wildman–Crippen LogP) is 6.74. The van der Waals surface area contributed by atoms with E-state index < -0.39 is 0 Å². The Morgan fingerprint density at radius 1 is 1.06 bits per heavy atom. The predicted molar refractivity (Wildman–Crippen MR) is 138 cm³/mol. The van der Waals surface area contributed by atoms with Gasteiger partial charge in [-0.15, -0.1) is 0 Å². The van der Waals surface area contributed by atoms with Crippen molar-refractivity contribution in [2.24, 2.45) is 0 Å². The molecule has 4 aromatic rings. The number of ether oxygens (including phenoxy) is 3. The minimum Gasteiger partial charge on any atom is -0.495 e. The standard InChI is InChI=1S/C26H23ClN2O4S/c1-4-33-22-16-17(15-18(27)25(22)32-3)13-14-24(30)29(20-10-6-7-11-21(20)31-2)26-28-19-9-5-8-12-23(19)34-26/h5-16H,4H2,1-3H3/b14-13+. The number of nitrogens with zero attached hydrogens (tertiary/aromatic N) is 2. The summed E-state index contributed by atoms with van der Waals surface area (Å²) >= 11 is 7.80. The van der Waals surface area contributed by atoms with E-state index in [0.29, 0.717) is 45.3 Å². The van der Waals surface area contributed by atoms with Gasteiger partial charge in [0.1, 0.15) is 5.75 Å². The van der Waals surface area contributed by atoms with Gasteiger partial charge in [0, 0.05) is 6.08 Å². The summed E-state index contributed by atoms with van der Waals surface area (Å²) in [4.78, 5) is 19.8. The highest BCUT2D eigenvalue weighted by atomic mass is 35.5. The maximum Gasteiger partial charge on any atom is 0.257 e. The number of rotatable bonds is 8. The number of methoxy groups -OCH3 is 2. The summed E-state index contributed by atoms with van der Waals surface area (Å²) in [5, 5.41) is 0.941. The number of thiazole rings is 1. The van der Waals surface area contributed by atoms with Crippen molar-refractivity contribution >= 4 is 56.0 Å². The highest BCUT2D eigenvalue weighted by molar-refractivity contribution is 7.22. The normalized spacial score (nSPS) is 11.1. The molecule has 1 heterocycles. The maximum absolute atomic E-state index is 13.5. The van der Waals surface area contributed by atoms with Crippen molar-refractivity contribution in [3.05, 3.63) is 77.3 Å². The molecule has 0 bridgehead atoms. The summed E-state index contributed by atoms with van der Waals surface area (Å²) in [6, 6.07) is 18.6. The van der Waals surface area contributed by atoms with Gasteiger partial charge in [0.25, 0.3) is 5.91 Å². The second-order valence-electron chi connectivity index (χ2n) is 7.11. The van der Waals surface area contributed by atoms with Gasteiger partial charge in [0.2, 0.25) is 0 Å². The molecule has 0 saturated heterocycles. The molecular formula is C26H23ClN2O4S. The fourth-order valence-corrected chi connectivity index (χ4v) is 4.75. The molecule has 0 aliphatic carbocycles. The Bertz CT molecular complexity index is 1320. The SMILES string of the molecule is CCOc1cc(/C=C/C(=O)N(c2nc3ccccc3s2)c2ccccc2OC)cc(Cl)c1OC. The second kappa shape index (κ2) is 10.6. The minimum atomic E-state index is -0.284. The number of hydrogen-bond donors (Lipinski definition) is 0. The Labute approximate surface area is 207 Å². The number of carbonyl (C=O) groups is 1. The highest BCUT2D eigenvalue weighted by Crippen LogP contribution is 2.39. The van der Waals surface area contributed by atoms with Gasteiger partial charge in [-0.05, 0) is 55.0 Å². The van der Waals surface area contributed by atoms with E-state index in [1.807, 2.05) is 55.5 Å². The van der Waals surface area contributed by atoms with Crippen molar-refractivity contribution in [2.45, 2.75) is 6.92 Å². The lowest BCUT2D eigenvalue weighted by atomic mass is 10.1. The molecule has 1 amide bonds. The third kappa shape index (κ3) is 4.85. The molecule has 0 fully saturated rings. The lowest BCUT2D eigenvalue weighted by Gasteiger charge is -2.20. The van der Waals surface area contributed by atoms with Gasteiger partial charge in [-0.3, -0.25) is 4.79 Å². The third-order valence-corrected chi connectivity index (χ3v) is 6.28. The average Bonchev–Trinajstić information content (AvgIpc) is 3.27. The van der Waals surface area contributed by atoms with Crippen LogP contribution in [-0.4, -0.2) is 31.7 Å². The van der Waals surface area contributed by atoms with E-state index in [4.69, 9.17) is 30.8 Å². The minimum absolute atomic E-state index is 0.284. The van der Waals surface area contributed by atoms with Gasteiger partial charge < -0.3 is 14.2 Å². The average molecular weight is 495 g/mol. The quantitative estimate of drug-likeness (QED) is 0.254. The number of anilines is 2. The van der Waals surface area contributed by atoms with E-state index in [-0.39, 0.29) is 5.91 Å². The summed E-state index contributed by atoms with van der Waals surface area (Å²) in [6.45, 7) is 2.33. The van der Waals surface area contributed by atoms with Gasteiger partial charge in [-0.2, -0.15) is 0 Å². The molecule has 0 unspecified atom stereocenters. The highest BCUT2D eigenvalue weighted by Gasteiger charge is 2.23. The third-order valence-electron chi connectivity index (χ3n) is 4.97. The Kier molecular flexibility index (Phi) is 7.35. The van der Waals surface area contributed by atoms with Gasteiger partial charge in [0.05, 0.1) is 41.8 Å². The first-order valence-electron chi connectivity index (χ1n) is 10.6. The van der Waals surface area contributed by atoms with E-state index >= 15 is 0 Å². The van der Waals surface area contributed by atoms with Gasteiger partial charge in [0.15, 0.2) is 16.6 Å². The van der Waals surface area contributed by atoms with Crippen LogP contribution in [-0.2, 0) is 4.79 Å². The first-order chi connectivity index (χ1) is 16.5. The zero-order valence-corrected chi connectivity index (χ0v) is 20.5. The lowest BCUT2D eigenvalue weighted by molar-refractivity contribution is -0.113. The van der Waals surface area contributed by atoms with Crippen LogP contribution in [0.15, 0.2) is 66.7 Å². The number of hydrogen-bond acceptors (Lipinski definition) is 6. The number of carbonyl (C=O) groups excluding carboxylic acids is 1. The fourth-order valence-electron chi connectivity index (χ4n) is 3.47. The van der Waals surface area contributed by atoms with Crippen LogP contribution in [0.1, 0.15) is 12.5 Å². The van der Waals surface area contributed by atoms with Crippen molar-refractivity contribution in [2.75, 3.05) is 25.7 Å². The Morgan fingerprint density at radius 3 is 2.56 bits per heavy atom.